The van der Waals surface area contributed by atoms with Crippen LogP contribution in [0.3, 0.4) is 0 Å². The molecule has 2 heterocycles. The number of anilines is 1. The van der Waals surface area contributed by atoms with Crippen LogP contribution < -0.4 is 10.1 Å². The third-order valence-electron chi connectivity index (χ3n) is 3.77. The highest BCUT2D eigenvalue weighted by Crippen LogP contribution is 2.26. The Bertz CT molecular complexity index is 911. The average molecular weight is 341 g/mol. The van der Waals surface area contributed by atoms with E-state index in [0.29, 0.717) is 11.7 Å². The molecule has 1 aromatic carbocycles. The minimum atomic E-state index is -0.236. The van der Waals surface area contributed by atoms with E-state index in [2.05, 4.69) is 15.5 Å². The van der Waals surface area contributed by atoms with Gasteiger partial charge < -0.3 is 13.6 Å². The molecule has 0 fully saturated rings. The van der Waals surface area contributed by atoms with Crippen LogP contribution in [0, 0.1) is 20.8 Å². The zero-order valence-electron chi connectivity index (χ0n) is 14.5. The molecule has 0 spiro atoms. The van der Waals surface area contributed by atoms with Gasteiger partial charge in [-0.3, -0.25) is 10.1 Å². The summed E-state index contributed by atoms with van der Waals surface area (Å²) in [6.07, 6.45) is 0.201. The Kier molecular flexibility index (Phi) is 4.56. The number of amides is 1. The molecule has 3 aromatic rings. The largest absolute Gasteiger partial charge is 0.496 e. The number of ether oxygens (including phenoxy) is 1. The highest BCUT2D eigenvalue weighted by atomic mass is 16.5. The van der Waals surface area contributed by atoms with E-state index in [4.69, 9.17) is 13.6 Å². The van der Waals surface area contributed by atoms with Crippen molar-refractivity contribution >= 4 is 11.9 Å². The van der Waals surface area contributed by atoms with Crippen molar-refractivity contribution in [3.8, 4) is 17.2 Å². The quantitative estimate of drug-likeness (QED) is 0.764. The fraction of sp³-hybridized carbons (Fsp3) is 0.278. The second-order valence-corrected chi connectivity index (χ2v) is 5.77. The monoisotopic (exact) mass is 341 g/mol. The number of methoxy groups -OCH3 is 1. The summed E-state index contributed by atoms with van der Waals surface area (Å²) in [6, 6.07) is 7.47. The van der Waals surface area contributed by atoms with E-state index < -0.39 is 0 Å². The standard InChI is InChI=1S/C18H19N3O4/c1-10-7-13(5-6-15(10)23-4)9-16(22)19-18-21-20-17(25-18)14-8-11(2)24-12(14)3/h5-8H,9H2,1-4H3,(H,19,21,22). The number of nitrogens with one attached hydrogen (secondary N) is 1. The second-order valence-electron chi connectivity index (χ2n) is 5.77. The molecule has 0 saturated heterocycles. The van der Waals surface area contributed by atoms with E-state index in [1.807, 2.05) is 45.0 Å². The maximum Gasteiger partial charge on any atom is 0.322 e. The molecule has 2 aromatic heterocycles. The topological polar surface area (TPSA) is 90.4 Å². The second kappa shape index (κ2) is 6.80. The van der Waals surface area contributed by atoms with E-state index in [1.165, 1.54) is 0 Å². The average Bonchev–Trinajstić information content (AvgIpc) is 3.13. The third-order valence-corrected chi connectivity index (χ3v) is 3.77. The summed E-state index contributed by atoms with van der Waals surface area (Å²) >= 11 is 0. The van der Waals surface area contributed by atoms with Gasteiger partial charge in [0, 0.05) is 0 Å². The van der Waals surface area contributed by atoms with Gasteiger partial charge in [0.25, 0.3) is 5.89 Å². The normalized spacial score (nSPS) is 10.7. The Morgan fingerprint density at radius 3 is 2.60 bits per heavy atom. The molecule has 3 rings (SSSR count). The third kappa shape index (κ3) is 3.71. The zero-order valence-corrected chi connectivity index (χ0v) is 14.5. The number of benzene rings is 1. The van der Waals surface area contributed by atoms with Crippen molar-refractivity contribution in [2.45, 2.75) is 27.2 Å². The number of aryl methyl sites for hydroxylation is 3. The molecular weight excluding hydrogens is 322 g/mol. The summed E-state index contributed by atoms with van der Waals surface area (Å²) in [5.74, 6) is 2.31. The summed E-state index contributed by atoms with van der Waals surface area (Å²) in [4.78, 5) is 12.2. The Morgan fingerprint density at radius 2 is 1.96 bits per heavy atom. The fourth-order valence-corrected chi connectivity index (χ4v) is 2.63. The van der Waals surface area contributed by atoms with Crippen molar-refractivity contribution in [1.82, 2.24) is 10.2 Å². The van der Waals surface area contributed by atoms with Gasteiger partial charge in [0.05, 0.1) is 19.1 Å². The molecule has 0 aliphatic carbocycles. The summed E-state index contributed by atoms with van der Waals surface area (Å²) in [5, 5.41) is 10.4. The molecule has 1 N–H and O–H groups in total. The number of furan rings is 1. The summed E-state index contributed by atoms with van der Waals surface area (Å²) < 4.78 is 16.2. The van der Waals surface area contributed by atoms with Gasteiger partial charge in [0.1, 0.15) is 17.3 Å². The summed E-state index contributed by atoms with van der Waals surface area (Å²) in [5.41, 5.74) is 2.56. The van der Waals surface area contributed by atoms with Crippen LogP contribution in [0.5, 0.6) is 5.75 Å². The molecule has 0 radical (unpaired) electrons. The van der Waals surface area contributed by atoms with E-state index >= 15 is 0 Å². The van der Waals surface area contributed by atoms with Crippen molar-refractivity contribution in [3.63, 3.8) is 0 Å². The van der Waals surface area contributed by atoms with Gasteiger partial charge >= 0.3 is 6.01 Å². The van der Waals surface area contributed by atoms with Crippen LogP contribution in [0.1, 0.15) is 22.6 Å². The Labute approximate surface area is 145 Å². The smallest absolute Gasteiger partial charge is 0.322 e. The van der Waals surface area contributed by atoms with Crippen LogP contribution in [0.25, 0.3) is 11.5 Å². The predicted octanol–water partition coefficient (Wildman–Crippen LogP) is 3.44. The zero-order chi connectivity index (χ0) is 18.0. The molecule has 7 nitrogen and oxygen atoms in total. The van der Waals surface area contributed by atoms with Gasteiger partial charge in [0.15, 0.2) is 0 Å². The Hall–Kier alpha value is -3.09. The summed E-state index contributed by atoms with van der Waals surface area (Å²) in [7, 11) is 1.62. The lowest BCUT2D eigenvalue weighted by Gasteiger charge is -2.06. The number of hydrogen-bond donors (Lipinski definition) is 1. The van der Waals surface area contributed by atoms with Crippen molar-refractivity contribution in [1.29, 1.82) is 0 Å². The van der Waals surface area contributed by atoms with Crippen molar-refractivity contribution < 1.29 is 18.4 Å². The SMILES string of the molecule is COc1ccc(CC(=O)Nc2nnc(-c3cc(C)oc3C)o2)cc1C. The highest BCUT2D eigenvalue weighted by molar-refractivity contribution is 5.90. The van der Waals surface area contributed by atoms with E-state index in [9.17, 15) is 4.79 Å². The first-order valence-corrected chi connectivity index (χ1v) is 7.80. The number of aromatic nitrogens is 2. The maximum absolute atomic E-state index is 12.2. The van der Waals surface area contributed by atoms with Gasteiger partial charge in [-0.05, 0) is 44.0 Å². The number of nitrogens with zero attached hydrogens (tertiary/aromatic N) is 2. The maximum atomic E-state index is 12.2. The first kappa shape index (κ1) is 16.8. The molecule has 0 aliphatic rings. The minimum Gasteiger partial charge on any atom is -0.496 e. The molecule has 0 atom stereocenters. The lowest BCUT2D eigenvalue weighted by molar-refractivity contribution is -0.115. The van der Waals surface area contributed by atoms with Gasteiger partial charge in [-0.15, -0.1) is 5.10 Å². The van der Waals surface area contributed by atoms with Crippen molar-refractivity contribution in [2.24, 2.45) is 0 Å². The molecule has 25 heavy (non-hydrogen) atoms. The molecule has 130 valence electrons. The Morgan fingerprint density at radius 1 is 1.16 bits per heavy atom. The van der Waals surface area contributed by atoms with Gasteiger partial charge in [-0.25, -0.2) is 0 Å². The molecule has 1 amide bonds. The van der Waals surface area contributed by atoms with Gasteiger partial charge in [-0.1, -0.05) is 17.2 Å². The first-order chi connectivity index (χ1) is 12.0. The molecule has 0 saturated carbocycles. The minimum absolute atomic E-state index is 0.0588. The van der Waals surface area contributed by atoms with Crippen LogP contribution >= 0.6 is 0 Å². The van der Waals surface area contributed by atoms with Crippen molar-refractivity contribution in [2.75, 3.05) is 12.4 Å². The van der Waals surface area contributed by atoms with Crippen LogP contribution in [0.2, 0.25) is 0 Å². The Balaban J connectivity index is 1.67. The molecule has 7 heteroatoms. The van der Waals surface area contributed by atoms with Crippen LogP contribution in [0.15, 0.2) is 33.1 Å². The first-order valence-electron chi connectivity index (χ1n) is 7.80. The molecule has 0 aliphatic heterocycles. The lowest BCUT2D eigenvalue weighted by Crippen LogP contribution is -2.14. The van der Waals surface area contributed by atoms with E-state index in [1.54, 1.807) is 7.11 Å². The van der Waals surface area contributed by atoms with E-state index in [-0.39, 0.29) is 18.3 Å². The number of carbonyl (C=O) groups excluding carboxylic acids is 1. The number of hydrogen-bond acceptors (Lipinski definition) is 6. The van der Waals surface area contributed by atoms with Crippen LogP contribution in [-0.2, 0) is 11.2 Å². The lowest BCUT2D eigenvalue weighted by atomic mass is 10.1. The summed E-state index contributed by atoms with van der Waals surface area (Å²) in [6.45, 7) is 5.59. The van der Waals surface area contributed by atoms with Gasteiger partial charge in [0.2, 0.25) is 5.91 Å². The van der Waals surface area contributed by atoms with Crippen LogP contribution in [0.4, 0.5) is 6.01 Å². The van der Waals surface area contributed by atoms with E-state index in [0.717, 1.165) is 28.2 Å². The molecular formula is C18H19N3O4. The number of rotatable bonds is 5. The molecule has 0 bridgehead atoms. The predicted molar refractivity (Wildman–Crippen MR) is 91.5 cm³/mol. The molecule has 0 unspecified atom stereocenters. The van der Waals surface area contributed by atoms with Gasteiger partial charge in [-0.2, -0.15) is 0 Å². The highest BCUT2D eigenvalue weighted by Gasteiger charge is 2.16. The number of carbonyl (C=O) groups is 1. The fourth-order valence-electron chi connectivity index (χ4n) is 2.63. The van der Waals surface area contributed by atoms with Crippen molar-refractivity contribution in [3.05, 3.63) is 46.9 Å². The van der Waals surface area contributed by atoms with Crippen LogP contribution in [-0.4, -0.2) is 23.2 Å².